The van der Waals surface area contributed by atoms with E-state index < -0.39 is 10.4 Å². The van der Waals surface area contributed by atoms with Crippen LogP contribution >= 0.6 is 0 Å². The normalized spacial score (nSPS) is 18.2. The van der Waals surface area contributed by atoms with Gasteiger partial charge < -0.3 is 8.37 Å². The molecule has 0 aliphatic carbocycles. The van der Waals surface area contributed by atoms with Gasteiger partial charge in [-0.3, -0.25) is 0 Å². The van der Waals surface area contributed by atoms with Crippen molar-refractivity contribution in [1.82, 2.24) is 0 Å². The lowest BCUT2D eigenvalue weighted by atomic mass is 10.3. The van der Waals surface area contributed by atoms with Crippen LogP contribution in [0.4, 0.5) is 0 Å². The van der Waals surface area contributed by atoms with Crippen LogP contribution in [0.2, 0.25) is 0 Å². The molecule has 0 saturated heterocycles. The molecule has 0 saturated carbocycles. The van der Waals surface area contributed by atoms with Crippen LogP contribution in [0.25, 0.3) is 0 Å². The van der Waals surface area contributed by atoms with Crippen molar-refractivity contribution in [1.29, 1.82) is 0 Å². The standard InChI is InChI=1S/C6H4O4S/c7-11(8)9-5-1-2-6(10-11)4-3-5/h1-4H. The van der Waals surface area contributed by atoms with Crippen LogP contribution in [-0.2, 0) is 10.4 Å². The first-order valence-corrected chi connectivity index (χ1v) is 4.23. The molecule has 5 heteroatoms. The highest BCUT2D eigenvalue weighted by molar-refractivity contribution is 7.82. The second-order valence-electron chi connectivity index (χ2n) is 2.05. The van der Waals surface area contributed by atoms with Gasteiger partial charge >= 0.3 is 10.4 Å². The first-order chi connectivity index (χ1) is 5.16. The third kappa shape index (κ3) is 1.14. The molecule has 2 heterocycles. The van der Waals surface area contributed by atoms with E-state index >= 15 is 0 Å². The van der Waals surface area contributed by atoms with Crippen LogP contribution < -0.4 is 8.37 Å². The van der Waals surface area contributed by atoms with Crippen molar-refractivity contribution in [3.8, 4) is 11.5 Å². The van der Waals surface area contributed by atoms with Crippen molar-refractivity contribution in [2.45, 2.75) is 0 Å². The Kier molecular flexibility index (Phi) is 1.11. The summed E-state index contributed by atoms with van der Waals surface area (Å²) in [5.41, 5.74) is 0. The van der Waals surface area contributed by atoms with Gasteiger partial charge in [-0.2, -0.15) is 0 Å². The lowest BCUT2D eigenvalue weighted by Gasteiger charge is -1.99. The van der Waals surface area contributed by atoms with E-state index in [-0.39, 0.29) is 11.5 Å². The number of benzene rings is 1. The van der Waals surface area contributed by atoms with Crippen molar-refractivity contribution in [2.75, 3.05) is 0 Å². The van der Waals surface area contributed by atoms with Gasteiger partial charge in [0, 0.05) is 0 Å². The average molecular weight is 172 g/mol. The quantitative estimate of drug-likeness (QED) is 0.578. The van der Waals surface area contributed by atoms with Gasteiger partial charge in [-0.15, -0.1) is 8.42 Å². The molecule has 3 rings (SSSR count). The number of hydrogen-bond donors (Lipinski definition) is 0. The molecule has 2 aliphatic heterocycles. The Labute approximate surface area is 63.7 Å². The average Bonchev–Trinajstić information content (AvgIpc) is 2.12. The van der Waals surface area contributed by atoms with Gasteiger partial charge in [0.05, 0.1) is 0 Å². The van der Waals surface area contributed by atoms with Crippen LogP contribution in [0.3, 0.4) is 0 Å². The molecule has 0 radical (unpaired) electrons. The summed E-state index contributed by atoms with van der Waals surface area (Å²) in [6, 6.07) is 6.11. The Morgan fingerprint density at radius 3 is 1.64 bits per heavy atom. The summed E-state index contributed by atoms with van der Waals surface area (Å²) in [5.74, 6) is 0.539. The molecule has 58 valence electrons. The molecular formula is C6H4O4S. The number of rotatable bonds is 0. The maximum absolute atomic E-state index is 10.8. The minimum absolute atomic E-state index is 0.270. The molecular weight excluding hydrogens is 168 g/mol. The summed E-state index contributed by atoms with van der Waals surface area (Å²) in [6.07, 6.45) is 0. The van der Waals surface area contributed by atoms with E-state index in [1.807, 2.05) is 0 Å². The fraction of sp³-hybridized carbons (Fsp3) is 0. The van der Waals surface area contributed by atoms with Gasteiger partial charge in [-0.05, 0) is 24.3 Å². The summed E-state index contributed by atoms with van der Waals surface area (Å²) in [4.78, 5) is 0. The van der Waals surface area contributed by atoms with Crippen LogP contribution in [0.1, 0.15) is 0 Å². The zero-order valence-corrected chi connectivity index (χ0v) is 6.17. The van der Waals surface area contributed by atoms with Crippen LogP contribution in [0, 0.1) is 0 Å². The summed E-state index contributed by atoms with van der Waals surface area (Å²) < 4.78 is 30.5. The molecule has 1 aromatic rings. The van der Waals surface area contributed by atoms with Crippen molar-refractivity contribution >= 4 is 10.4 Å². The number of fused-ring (bicyclic) bond motifs is 4. The second-order valence-corrected chi connectivity index (χ2v) is 3.20. The van der Waals surface area contributed by atoms with E-state index in [1.165, 1.54) is 24.3 Å². The first-order valence-electron chi connectivity index (χ1n) is 2.90. The third-order valence-corrected chi connectivity index (χ3v) is 2.01. The SMILES string of the molecule is O=S1(=O)Oc2ccc(cc2)O1. The van der Waals surface area contributed by atoms with Gasteiger partial charge in [0.2, 0.25) is 0 Å². The van der Waals surface area contributed by atoms with E-state index in [1.54, 1.807) is 0 Å². The predicted octanol–water partition coefficient (Wildman–Crippen LogP) is 0.703. The lowest BCUT2D eigenvalue weighted by molar-refractivity contribution is 0.400. The van der Waals surface area contributed by atoms with E-state index in [0.717, 1.165) is 0 Å². The Hall–Kier alpha value is -1.23. The van der Waals surface area contributed by atoms with E-state index in [0.29, 0.717) is 0 Å². The molecule has 0 spiro atoms. The molecule has 2 aliphatic rings. The van der Waals surface area contributed by atoms with Gasteiger partial charge in [-0.1, -0.05) is 0 Å². The fourth-order valence-corrected chi connectivity index (χ4v) is 1.53. The summed E-state index contributed by atoms with van der Waals surface area (Å²) in [6.45, 7) is 0. The van der Waals surface area contributed by atoms with Gasteiger partial charge in [0.15, 0.2) is 0 Å². The largest absolute Gasteiger partial charge is 0.500 e. The fourth-order valence-electron chi connectivity index (χ4n) is 0.803. The van der Waals surface area contributed by atoms with E-state index in [9.17, 15) is 8.42 Å². The topological polar surface area (TPSA) is 52.6 Å². The highest BCUT2D eigenvalue weighted by Gasteiger charge is 2.19. The maximum atomic E-state index is 10.8. The Morgan fingerprint density at radius 1 is 0.909 bits per heavy atom. The van der Waals surface area contributed by atoms with Crippen molar-refractivity contribution in [2.24, 2.45) is 0 Å². The molecule has 0 amide bonds. The predicted molar refractivity (Wildman–Crippen MR) is 36.6 cm³/mol. The summed E-state index contributed by atoms with van der Waals surface area (Å²) in [7, 11) is -3.85. The molecule has 11 heavy (non-hydrogen) atoms. The molecule has 1 aromatic carbocycles. The van der Waals surface area contributed by atoms with Crippen LogP contribution in [0.5, 0.6) is 11.5 Å². The maximum Gasteiger partial charge on any atom is 0.500 e. The Morgan fingerprint density at radius 2 is 1.27 bits per heavy atom. The molecule has 2 bridgehead atoms. The Bertz CT molecular complexity index is 333. The minimum Gasteiger partial charge on any atom is -0.353 e. The number of hydrogen-bond acceptors (Lipinski definition) is 4. The minimum atomic E-state index is -3.85. The van der Waals surface area contributed by atoms with Crippen molar-refractivity contribution in [3.05, 3.63) is 24.3 Å². The van der Waals surface area contributed by atoms with Crippen molar-refractivity contribution in [3.63, 3.8) is 0 Å². The Balaban J connectivity index is 2.62. The molecule has 0 unspecified atom stereocenters. The molecule has 0 atom stereocenters. The van der Waals surface area contributed by atoms with Gasteiger partial charge in [-0.25, -0.2) is 0 Å². The first kappa shape index (κ1) is 6.48. The van der Waals surface area contributed by atoms with E-state index in [2.05, 4.69) is 8.37 Å². The van der Waals surface area contributed by atoms with E-state index in [4.69, 9.17) is 0 Å². The van der Waals surface area contributed by atoms with Crippen molar-refractivity contribution < 1.29 is 16.8 Å². The van der Waals surface area contributed by atoms with Gasteiger partial charge in [0.1, 0.15) is 11.5 Å². The summed E-state index contributed by atoms with van der Waals surface area (Å²) in [5, 5.41) is 0. The molecule has 0 aromatic heterocycles. The van der Waals surface area contributed by atoms with Crippen LogP contribution in [0.15, 0.2) is 24.3 Å². The zero-order chi connectivity index (χ0) is 7.90. The zero-order valence-electron chi connectivity index (χ0n) is 5.35. The lowest BCUT2D eigenvalue weighted by Crippen LogP contribution is -2.13. The highest BCUT2D eigenvalue weighted by atomic mass is 32.3. The molecule has 0 N–H and O–H groups in total. The molecule has 4 nitrogen and oxygen atoms in total. The summed E-state index contributed by atoms with van der Waals surface area (Å²) >= 11 is 0. The monoisotopic (exact) mass is 172 g/mol. The van der Waals surface area contributed by atoms with Gasteiger partial charge in [0.25, 0.3) is 0 Å². The smallest absolute Gasteiger partial charge is 0.353 e. The third-order valence-electron chi connectivity index (χ3n) is 1.22. The molecule has 0 fully saturated rings. The second kappa shape index (κ2) is 1.88. The van der Waals surface area contributed by atoms with Crippen LogP contribution in [-0.4, -0.2) is 8.42 Å². The highest BCUT2D eigenvalue weighted by Crippen LogP contribution is 2.24.